The quantitative estimate of drug-likeness (QED) is 0.106. The van der Waals surface area contributed by atoms with Gasteiger partial charge in [0, 0.05) is 68.9 Å². The molecule has 3 aromatic rings. The van der Waals surface area contributed by atoms with Crippen LogP contribution in [0.5, 0.6) is 0 Å². The van der Waals surface area contributed by atoms with E-state index in [9.17, 15) is 24.0 Å². The van der Waals surface area contributed by atoms with Crippen LogP contribution in [-0.4, -0.2) is 91.2 Å². The normalized spacial score (nSPS) is 13.0. The number of imidazole rings is 3. The fourth-order valence-electron chi connectivity index (χ4n) is 3.70. The third kappa shape index (κ3) is 9.10. The number of rotatable bonds is 14. The van der Waals surface area contributed by atoms with Crippen molar-refractivity contribution in [2.45, 2.75) is 44.3 Å². The Labute approximate surface area is 222 Å². The Morgan fingerprint density at radius 2 is 1.15 bits per heavy atom. The summed E-state index contributed by atoms with van der Waals surface area (Å²) in [6.07, 6.45) is 9.20. The number of aromatic nitrogens is 6. The lowest BCUT2D eigenvalue weighted by molar-refractivity contribution is -0.132. The second-order valence-corrected chi connectivity index (χ2v) is 8.61. The fourth-order valence-corrected chi connectivity index (χ4v) is 3.70. The van der Waals surface area contributed by atoms with E-state index in [1.807, 2.05) is 0 Å². The van der Waals surface area contributed by atoms with Crippen LogP contribution in [-0.2, 0) is 43.2 Å². The maximum absolute atomic E-state index is 13.1. The lowest BCUT2D eigenvalue weighted by Gasteiger charge is -2.22. The minimum absolute atomic E-state index is 0.0384. The van der Waals surface area contributed by atoms with Gasteiger partial charge in [-0.2, -0.15) is 0 Å². The number of amides is 5. The Kier molecular flexibility index (Phi) is 10.3. The fraction of sp³-hybridized carbons (Fsp3) is 0.391. The molecule has 39 heavy (non-hydrogen) atoms. The molecule has 0 aliphatic heterocycles. The summed E-state index contributed by atoms with van der Waals surface area (Å²) < 4.78 is 0. The lowest BCUT2D eigenvalue weighted by atomic mass is 10.1. The van der Waals surface area contributed by atoms with E-state index in [2.05, 4.69) is 56.5 Å². The molecule has 0 saturated heterocycles. The van der Waals surface area contributed by atoms with Crippen molar-refractivity contribution in [3.05, 3.63) is 54.7 Å². The van der Waals surface area contributed by atoms with Gasteiger partial charge in [-0.15, -0.1) is 0 Å². The number of nitrogens with one attached hydrogen (secondary N) is 8. The van der Waals surface area contributed by atoms with Crippen LogP contribution in [0.25, 0.3) is 0 Å². The van der Waals surface area contributed by atoms with E-state index in [-0.39, 0.29) is 19.3 Å². The molecule has 0 aromatic carbocycles. The molecule has 0 bridgehead atoms. The molecule has 0 aliphatic rings. The van der Waals surface area contributed by atoms with E-state index in [4.69, 9.17) is 0 Å². The molecule has 0 aliphatic carbocycles. The first-order valence-electron chi connectivity index (χ1n) is 12.0. The summed E-state index contributed by atoms with van der Waals surface area (Å²) in [7, 11) is 1.44. The summed E-state index contributed by atoms with van der Waals surface area (Å²) in [5, 5.41) is 12.8. The lowest BCUT2D eigenvalue weighted by Crippen LogP contribution is -2.56. The Balaban J connectivity index is 1.64. The van der Waals surface area contributed by atoms with Gasteiger partial charge in [0.05, 0.1) is 25.5 Å². The molecule has 3 atom stereocenters. The summed E-state index contributed by atoms with van der Waals surface area (Å²) >= 11 is 0. The van der Waals surface area contributed by atoms with Crippen molar-refractivity contribution in [2.24, 2.45) is 0 Å². The first-order chi connectivity index (χ1) is 18.7. The molecule has 3 rings (SSSR count). The second-order valence-electron chi connectivity index (χ2n) is 8.61. The van der Waals surface area contributed by atoms with Gasteiger partial charge in [-0.05, 0) is 0 Å². The van der Waals surface area contributed by atoms with Gasteiger partial charge in [0.25, 0.3) is 0 Å². The number of likely N-dealkylation sites (N-methyl/N-ethyl adjacent to an activating group) is 1. The van der Waals surface area contributed by atoms with E-state index >= 15 is 0 Å². The van der Waals surface area contributed by atoms with E-state index in [1.165, 1.54) is 51.5 Å². The highest BCUT2D eigenvalue weighted by Gasteiger charge is 2.28. The summed E-state index contributed by atoms with van der Waals surface area (Å²) in [5.74, 6) is -2.72. The molecule has 0 radical (unpaired) electrons. The predicted octanol–water partition coefficient (Wildman–Crippen LogP) is -2.78. The Morgan fingerprint density at radius 1 is 0.692 bits per heavy atom. The highest BCUT2D eigenvalue weighted by Crippen LogP contribution is 2.04. The first kappa shape index (κ1) is 28.5. The van der Waals surface area contributed by atoms with Crippen molar-refractivity contribution in [1.29, 1.82) is 0 Å². The Morgan fingerprint density at radius 3 is 1.56 bits per heavy atom. The van der Waals surface area contributed by atoms with Crippen molar-refractivity contribution in [1.82, 2.24) is 56.5 Å². The van der Waals surface area contributed by atoms with Gasteiger partial charge < -0.3 is 41.5 Å². The molecule has 0 saturated carbocycles. The molecular formula is C23H31N11O5. The number of carbonyl (C=O) groups excluding carboxylic acids is 5. The third-order valence-electron chi connectivity index (χ3n) is 5.58. The molecule has 16 heteroatoms. The van der Waals surface area contributed by atoms with Gasteiger partial charge in [-0.1, -0.05) is 0 Å². The van der Waals surface area contributed by atoms with Crippen LogP contribution in [0.1, 0.15) is 24.0 Å². The van der Waals surface area contributed by atoms with E-state index in [0.29, 0.717) is 17.1 Å². The third-order valence-corrected chi connectivity index (χ3v) is 5.58. The van der Waals surface area contributed by atoms with E-state index in [1.54, 1.807) is 0 Å². The minimum atomic E-state index is -1.11. The maximum Gasteiger partial charge on any atom is 0.243 e. The smallest absolute Gasteiger partial charge is 0.243 e. The van der Waals surface area contributed by atoms with Gasteiger partial charge in [0.2, 0.25) is 29.5 Å². The molecule has 8 N–H and O–H groups in total. The van der Waals surface area contributed by atoms with Crippen LogP contribution in [0.15, 0.2) is 37.6 Å². The number of nitrogens with zero attached hydrogens (tertiary/aromatic N) is 3. The van der Waals surface area contributed by atoms with E-state index in [0.717, 1.165) is 0 Å². The molecule has 3 heterocycles. The van der Waals surface area contributed by atoms with Crippen LogP contribution in [0.2, 0.25) is 0 Å². The van der Waals surface area contributed by atoms with Crippen LogP contribution >= 0.6 is 0 Å². The molecular weight excluding hydrogens is 510 g/mol. The minimum Gasteiger partial charge on any atom is -0.357 e. The summed E-state index contributed by atoms with van der Waals surface area (Å²) in [6, 6.07) is -3.00. The molecule has 3 aromatic heterocycles. The van der Waals surface area contributed by atoms with Crippen LogP contribution in [0.3, 0.4) is 0 Å². The van der Waals surface area contributed by atoms with Crippen molar-refractivity contribution >= 4 is 29.5 Å². The number of hydrogen-bond acceptors (Lipinski definition) is 8. The van der Waals surface area contributed by atoms with Gasteiger partial charge in [0.15, 0.2) is 0 Å². The van der Waals surface area contributed by atoms with Crippen LogP contribution in [0.4, 0.5) is 0 Å². The summed E-state index contributed by atoms with van der Waals surface area (Å²) in [6.45, 7) is 0.826. The zero-order chi connectivity index (χ0) is 28.2. The van der Waals surface area contributed by atoms with Crippen LogP contribution < -0.4 is 26.6 Å². The SMILES string of the molecule is CNC(=O)C(Cc1cnc[nH]1)NC(=O)CNC(=O)C(Cc1cnc[nH]1)NC(=O)C(Cc1cnc[nH]1)NC(C)=O. The largest absolute Gasteiger partial charge is 0.357 e. The van der Waals surface area contributed by atoms with Crippen molar-refractivity contribution in [3.63, 3.8) is 0 Å². The second kappa shape index (κ2) is 14.1. The molecule has 0 fully saturated rings. The monoisotopic (exact) mass is 541 g/mol. The highest BCUT2D eigenvalue weighted by atomic mass is 16.2. The van der Waals surface area contributed by atoms with Crippen molar-refractivity contribution in [3.8, 4) is 0 Å². The summed E-state index contributed by atoms with van der Waals surface area (Å²) in [5.41, 5.74) is 1.80. The molecule has 0 spiro atoms. The molecule has 5 amide bonds. The molecule has 16 nitrogen and oxygen atoms in total. The standard InChI is InChI=1S/C23H31N11O5/c1-13(35)32-19(5-16-8-27-12-31-16)23(39)34-18(4-15-7-26-11-30-15)22(38)28-9-20(36)33-17(21(37)24-2)3-14-6-25-10-29-14/h6-8,10-12,17-19H,3-5,9H2,1-2H3,(H,24,37)(H,25,29)(H,26,30)(H,27,31)(H,28,38)(H,32,35)(H,33,36)(H,34,39). The Hall–Kier alpha value is -5.02. The highest BCUT2D eigenvalue weighted by molar-refractivity contribution is 5.94. The topological polar surface area (TPSA) is 232 Å². The first-order valence-corrected chi connectivity index (χ1v) is 12.0. The average Bonchev–Trinajstić information content (AvgIpc) is 3.70. The summed E-state index contributed by atoms with van der Waals surface area (Å²) in [4.78, 5) is 83.0. The predicted molar refractivity (Wildman–Crippen MR) is 135 cm³/mol. The van der Waals surface area contributed by atoms with E-state index < -0.39 is 54.2 Å². The van der Waals surface area contributed by atoms with Crippen molar-refractivity contribution < 1.29 is 24.0 Å². The van der Waals surface area contributed by atoms with Crippen molar-refractivity contribution in [2.75, 3.05) is 13.6 Å². The number of carbonyl (C=O) groups is 5. The molecule has 3 unspecified atom stereocenters. The number of H-pyrrole nitrogens is 3. The van der Waals surface area contributed by atoms with Gasteiger partial charge in [0.1, 0.15) is 18.1 Å². The number of aromatic amines is 3. The van der Waals surface area contributed by atoms with Gasteiger partial charge >= 0.3 is 0 Å². The van der Waals surface area contributed by atoms with Crippen LogP contribution in [0, 0.1) is 0 Å². The maximum atomic E-state index is 13.1. The van der Waals surface area contributed by atoms with Gasteiger partial charge in [-0.25, -0.2) is 15.0 Å². The average molecular weight is 542 g/mol. The zero-order valence-electron chi connectivity index (χ0n) is 21.4. The molecule has 208 valence electrons. The number of hydrogen-bond donors (Lipinski definition) is 8. The Bertz CT molecular complexity index is 1230. The zero-order valence-corrected chi connectivity index (χ0v) is 21.4. The van der Waals surface area contributed by atoms with Gasteiger partial charge in [-0.3, -0.25) is 24.0 Å².